The number of pyridine rings is 1. The highest BCUT2D eigenvalue weighted by molar-refractivity contribution is 5.98. The largest absolute Gasteiger partial charge is 0.383 e. The first kappa shape index (κ1) is 16.9. The summed E-state index contributed by atoms with van der Waals surface area (Å²) in [5, 5.41) is 2.77. The van der Waals surface area contributed by atoms with Crippen LogP contribution in [0.4, 0.5) is 10.2 Å². The number of anilines is 1. The predicted molar refractivity (Wildman–Crippen MR) is 89.4 cm³/mol. The molecular formula is C18H22FN3O. The Balaban J connectivity index is 1.89. The zero-order valence-electron chi connectivity index (χ0n) is 13.3. The van der Waals surface area contributed by atoms with Crippen LogP contribution in [-0.4, -0.2) is 10.9 Å². The maximum absolute atomic E-state index is 12.9. The number of nitrogens with two attached hydrogens (primary N) is 1. The Kier molecular flexibility index (Phi) is 6.09. The molecule has 0 bridgehead atoms. The zero-order valence-corrected chi connectivity index (χ0v) is 13.3. The van der Waals surface area contributed by atoms with E-state index in [1.165, 1.54) is 30.9 Å². The number of carbonyl (C=O) groups is 1. The van der Waals surface area contributed by atoms with Crippen LogP contribution in [0, 0.1) is 5.95 Å². The second-order valence-corrected chi connectivity index (χ2v) is 5.52. The topological polar surface area (TPSA) is 68.0 Å². The molecule has 1 aromatic heterocycles. The van der Waals surface area contributed by atoms with Crippen LogP contribution in [0.25, 0.3) is 0 Å². The number of benzene rings is 1. The first-order chi connectivity index (χ1) is 11.1. The second-order valence-electron chi connectivity index (χ2n) is 5.52. The van der Waals surface area contributed by atoms with Gasteiger partial charge in [-0.25, -0.2) is 4.98 Å². The molecule has 4 nitrogen and oxygen atoms in total. The number of halogens is 1. The minimum absolute atomic E-state index is 0.103. The van der Waals surface area contributed by atoms with E-state index in [1.807, 2.05) is 12.1 Å². The van der Waals surface area contributed by atoms with E-state index in [4.69, 9.17) is 5.73 Å². The molecule has 0 atom stereocenters. The predicted octanol–water partition coefficient (Wildman–Crippen LogP) is 3.47. The van der Waals surface area contributed by atoms with E-state index in [1.54, 1.807) is 0 Å². The Morgan fingerprint density at radius 3 is 2.48 bits per heavy atom. The number of nitrogens with zero attached hydrogens (tertiary/aromatic N) is 1. The van der Waals surface area contributed by atoms with Gasteiger partial charge in [0.15, 0.2) is 0 Å². The molecule has 23 heavy (non-hydrogen) atoms. The summed E-state index contributed by atoms with van der Waals surface area (Å²) in [6.07, 6.45) is 4.73. The summed E-state index contributed by atoms with van der Waals surface area (Å²) in [5.41, 5.74) is 8.05. The fourth-order valence-corrected chi connectivity index (χ4v) is 2.32. The molecule has 3 N–H and O–H groups in total. The number of aromatic nitrogens is 1. The number of nitrogens with one attached hydrogen (secondary N) is 1. The van der Waals surface area contributed by atoms with Crippen LogP contribution in [0.2, 0.25) is 0 Å². The van der Waals surface area contributed by atoms with Gasteiger partial charge in [-0.15, -0.1) is 0 Å². The number of nitrogen functional groups attached to an aromatic ring is 1. The molecule has 1 amide bonds. The Hall–Kier alpha value is -2.43. The van der Waals surface area contributed by atoms with E-state index in [-0.39, 0.29) is 17.3 Å². The van der Waals surface area contributed by atoms with Crippen molar-refractivity contribution in [1.29, 1.82) is 0 Å². The standard InChI is InChI=1S/C18H22FN3O/c1-2-3-4-5-13-6-8-14(9-7-13)12-21-18(23)15-10-11-16(19)22-17(15)20/h6-11H,2-5,12H2,1H3,(H2,20,22)(H,21,23). The van der Waals surface area contributed by atoms with Crippen LogP contribution in [0.1, 0.15) is 47.7 Å². The lowest BCUT2D eigenvalue weighted by Gasteiger charge is -2.08. The van der Waals surface area contributed by atoms with Gasteiger partial charge >= 0.3 is 0 Å². The molecule has 0 saturated heterocycles. The highest BCUT2D eigenvalue weighted by atomic mass is 19.1. The summed E-state index contributed by atoms with van der Waals surface area (Å²) in [4.78, 5) is 15.5. The lowest BCUT2D eigenvalue weighted by molar-refractivity contribution is 0.0951. The van der Waals surface area contributed by atoms with E-state index < -0.39 is 5.95 Å². The normalized spacial score (nSPS) is 10.5. The molecule has 0 saturated carbocycles. The number of aryl methyl sites for hydroxylation is 1. The summed E-state index contributed by atoms with van der Waals surface area (Å²) in [5.74, 6) is -1.16. The van der Waals surface area contributed by atoms with Gasteiger partial charge in [0.05, 0.1) is 5.56 Å². The average Bonchev–Trinajstić information content (AvgIpc) is 2.54. The average molecular weight is 315 g/mol. The number of rotatable bonds is 7. The van der Waals surface area contributed by atoms with Crippen molar-refractivity contribution in [2.75, 3.05) is 5.73 Å². The van der Waals surface area contributed by atoms with E-state index in [0.29, 0.717) is 6.54 Å². The summed E-state index contributed by atoms with van der Waals surface area (Å²) in [6.45, 7) is 2.58. The van der Waals surface area contributed by atoms with Crippen molar-refractivity contribution < 1.29 is 9.18 Å². The first-order valence-corrected chi connectivity index (χ1v) is 7.88. The van der Waals surface area contributed by atoms with Gasteiger partial charge in [0, 0.05) is 6.54 Å². The molecule has 2 rings (SSSR count). The molecule has 0 radical (unpaired) electrons. The lowest BCUT2D eigenvalue weighted by Crippen LogP contribution is -2.24. The van der Waals surface area contributed by atoms with Gasteiger partial charge in [-0.3, -0.25) is 4.79 Å². The maximum Gasteiger partial charge on any atom is 0.255 e. The number of carbonyl (C=O) groups excluding carboxylic acids is 1. The lowest BCUT2D eigenvalue weighted by atomic mass is 10.1. The Morgan fingerprint density at radius 1 is 1.13 bits per heavy atom. The van der Waals surface area contributed by atoms with E-state index in [9.17, 15) is 9.18 Å². The third-order valence-corrected chi connectivity index (χ3v) is 3.68. The van der Waals surface area contributed by atoms with Crippen LogP contribution in [0.15, 0.2) is 36.4 Å². The molecule has 1 heterocycles. The first-order valence-electron chi connectivity index (χ1n) is 7.88. The maximum atomic E-state index is 12.9. The SMILES string of the molecule is CCCCCc1ccc(CNC(=O)c2ccc(F)nc2N)cc1. The van der Waals surface area contributed by atoms with Crippen LogP contribution in [-0.2, 0) is 13.0 Å². The Bertz CT molecular complexity index is 656. The van der Waals surface area contributed by atoms with E-state index in [2.05, 4.69) is 29.4 Å². The summed E-state index contributed by atoms with van der Waals surface area (Å²) >= 11 is 0. The highest BCUT2D eigenvalue weighted by Gasteiger charge is 2.11. The molecule has 1 aromatic carbocycles. The monoisotopic (exact) mass is 315 g/mol. The molecule has 0 aliphatic heterocycles. The van der Waals surface area contributed by atoms with Crippen molar-refractivity contribution in [1.82, 2.24) is 10.3 Å². The Morgan fingerprint density at radius 2 is 1.83 bits per heavy atom. The minimum atomic E-state index is -0.697. The van der Waals surface area contributed by atoms with Crippen molar-refractivity contribution in [3.63, 3.8) is 0 Å². The van der Waals surface area contributed by atoms with E-state index >= 15 is 0 Å². The summed E-state index contributed by atoms with van der Waals surface area (Å²) in [6, 6.07) is 10.7. The Labute approximate surface area is 135 Å². The van der Waals surface area contributed by atoms with Gasteiger partial charge in [-0.1, -0.05) is 44.0 Å². The molecule has 5 heteroatoms. The smallest absolute Gasteiger partial charge is 0.255 e. The molecule has 0 aliphatic rings. The molecule has 0 aliphatic carbocycles. The van der Waals surface area contributed by atoms with Crippen molar-refractivity contribution in [2.45, 2.75) is 39.2 Å². The second kappa shape index (κ2) is 8.27. The highest BCUT2D eigenvalue weighted by Crippen LogP contribution is 2.11. The van der Waals surface area contributed by atoms with Gasteiger partial charge in [-0.05, 0) is 36.1 Å². The van der Waals surface area contributed by atoms with Crippen LogP contribution < -0.4 is 11.1 Å². The number of amides is 1. The van der Waals surface area contributed by atoms with Crippen molar-refractivity contribution in [3.05, 3.63) is 59.0 Å². The molecular weight excluding hydrogens is 293 g/mol. The zero-order chi connectivity index (χ0) is 16.7. The van der Waals surface area contributed by atoms with Gasteiger partial charge in [-0.2, -0.15) is 4.39 Å². The van der Waals surface area contributed by atoms with Gasteiger partial charge < -0.3 is 11.1 Å². The van der Waals surface area contributed by atoms with Gasteiger partial charge in [0.2, 0.25) is 5.95 Å². The molecule has 122 valence electrons. The fraction of sp³-hybridized carbons (Fsp3) is 0.333. The third-order valence-electron chi connectivity index (χ3n) is 3.68. The van der Waals surface area contributed by atoms with Gasteiger partial charge in [0.1, 0.15) is 5.82 Å². The van der Waals surface area contributed by atoms with Crippen molar-refractivity contribution >= 4 is 11.7 Å². The molecule has 2 aromatic rings. The van der Waals surface area contributed by atoms with Crippen molar-refractivity contribution in [2.24, 2.45) is 0 Å². The number of hydrogen-bond acceptors (Lipinski definition) is 3. The number of hydrogen-bond donors (Lipinski definition) is 2. The van der Waals surface area contributed by atoms with Crippen LogP contribution in [0.5, 0.6) is 0 Å². The van der Waals surface area contributed by atoms with Gasteiger partial charge in [0.25, 0.3) is 5.91 Å². The number of unbranched alkanes of at least 4 members (excludes halogenated alkanes) is 2. The quantitative estimate of drug-likeness (QED) is 0.607. The summed E-state index contributed by atoms with van der Waals surface area (Å²) in [7, 11) is 0. The molecule has 0 fully saturated rings. The third kappa shape index (κ3) is 5.06. The van der Waals surface area contributed by atoms with Crippen LogP contribution in [0.3, 0.4) is 0 Å². The fourth-order valence-electron chi connectivity index (χ4n) is 2.32. The molecule has 0 unspecified atom stereocenters. The molecule has 0 spiro atoms. The van der Waals surface area contributed by atoms with E-state index in [0.717, 1.165) is 18.1 Å². The van der Waals surface area contributed by atoms with Crippen LogP contribution >= 0.6 is 0 Å². The van der Waals surface area contributed by atoms with Crippen molar-refractivity contribution in [3.8, 4) is 0 Å². The summed E-state index contributed by atoms with van der Waals surface area (Å²) < 4.78 is 12.9. The minimum Gasteiger partial charge on any atom is -0.383 e.